The van der Waals surface area contributed by atoms with Crippen molar-refractivity contribution in [1.29, 1.82) is 0 Å². The zero-order valence-electron chi connectivity index (χ0n) is 21.6. The van der Waals surface area contributed by atoms with E-state index >= 15 is 0 Å². The van der Waals surface area contributed by atoms with Gasteiger partial charge in [-0.1, -0.05) is 122 Å². The zero-order valence-corrected chi connectivity index (χ0v) is 23.4. The topological polar surface area (TPSA) is 0 Å². The lowest BCUT2D eigenvalue weighted by molar-refractivity contribution is 0.722. The molecule has 5 rings (SSSR count). The van der Waals surface area contributed by atoms with Gasteiger partial charge < -0.3 is 0 Å². The highest BCUT2D eigenvalue weighted by atomic mass is 31.1. The predicted octanol–water partition coefficient (Wildman–Crippen LogP) is 7.28. The first-order valence-corrected chi connectivity index (χ1v) is 15.5. The summed E-state index contributed by atoms with van der Waals surface area (Å²) in [6.45, 7) is 9.22. The van der Waals surface area contributed by atoms with Crippen LogP contribution in [0.4, 0.5) is 0 Å². The van der Waals surface area contributed by atoms with Crippen LogP contribution in [-0.4, -0.2) is 0 Å². The van der Waals surface area contributed by atoms with Crippen molar-refractivity contribution in [2.45, 2.75) is 34.1 Å². The first-order chi connectivity index (χ1) is 17.6. The number of benzene rings is 4. The van der Waals surface area contributed by atoms with Crippen LogP contribution in [-0.2, 0) is 0 Å². The minimum atomic E-state index is -0.705. The van der Waals surface area contributed by atoms with Gasteiger partial charge in [-0.15, -0.1) is 0 Å². The van der Waals surface area contributed by atoms with Gasteiger partial charge in [0.2, 0.25) is 0 Å². The van der Waals surface area contributed by atoms with Crippen LogP contribution in [0.25, 0.3) is 0 Å². The molecule has 0 heterocycles. The van der Waals surface area contributed by atoms with Gasteiger partial charge in [-0.05, 0) is 97.5 Å². The molecule has 0 aromatic heterocycles. The molecule has 1 aliphatic carbocycles. The van der Waals surface area contributed by atoms with E-state index in [0.29, 0.717) is 5.92 Å². The summed E-state index contributed by atoms with van der Waals surface area (Å²) < 4.78 is 0. The van der Waals surface area contributed by atoms with Gasteiger partial charge in [0.1, 0.15) is 0 Å². The van der Waals surface area contributed by atoms with Gasteiger partial charge in [0.15, 0.2) is 0 Å². The van der Waals surface area contributed by atoms with Crippen LogP contribution in [0.3, 0.4) is 0 Å². The standard InChI is InChI=1S/C34H34P2/c1-25-15-5-9-19-29(25)35(30-20-10-6-16-26(30)2)33-23-13-14-24-34(33)36(31-21-11-7-17-27(31)3)32-22-12-8-18-28(32)4/h5-17,19-24,28H,18H2,1-4H3. The Morgan fingerprint density at radius 2 is 0.917 bits per heavy atom. The maximum atomic E-state index is 2.42. The van der Waals surface area contributed by atoms with Crippen molar-refractivity contribution in [3.8, 4) is 0 Å². The fourth-order valence-corrected chi connectivity index (χ4v) is 11.2. The summed E-state index contributed by atoms with van der Waals surface area (Å²) in [5.74, 6) is 0.539. The second-order valence-electron chi connectivity index (χ2n) is 9.68. The molecule has 0 radical (unpaired) electrons. The molecule has 4 aromatic carbocycles. The molecule has 2 heteroatoms. The van der Waals surface area contributed by atoms with Gasteiger partial charge in [-0.25, -0.2) is 0 Å². The first kappa shape index (κ1) is 24.9. The summed E-state index contributed by atoms with van der Waals surface area (Å²) in [6, 6.07) is 36.4. The number of hydrogen-bond acceptors (Lipinski definition) is 0. The first-order valence-electron chi connectivity index (χ1n) is 12.8. The molecular weight excluding hydrogens is 470 g/mol. The van der Waals surface area contributed by atoms with E-state index in [1.54, 1.807) is 5.31 Å². The van der Waals surface area contributed by atoms with E-state index in [0.717, 1.165) is 6.42 Å². The molecule has 0 N–H and O–H groups in total. The molecule has 2 atom stereocenters. The molecule has 180 valence electrons. The molecular formula is C34H34P2. The third kappa shape index (κ3) is 4.91. The summed E-state index contributed by atoms with van der Waals surface area (Å²) in [6.07, 6.45) is 8.12. The normalized spacial score (nSPS) is 16.1. The number of rotatable bonds is 6. The predicted molar refractivity (Wildman–Crippen MR) is 163 cm³/mol. The molecule has 4 aromatic rings. The van der Waals surface area contributed by atoms with Crippen molar-refractivity contribution in [1.82, 2.24) is 0 Å². The van der Waals surface area contributed by atoms with Crippen molar-refractivity contribution >= 4 is 42.4 Å². The second-order valence-corrected chi connectivity index (χ2v) is 13.9. The minimum absolute atomic E-state index is 0.539. The molecule has 0 nitrogen and oxygen atoms in total. The Bertz CT molecular complexity index is 1380. The van der Waals surface area contributed by atoms with Crippen molar-refractivity contribution < 1.29 is 0 Å². The highest BCUT2D eigenvalue weighted by molar-refractivity contribution is 7.84. The quantitative estimate of drug-likeness (QED) is 0.242. The molecule has 0 saturated carbocycles. The second kappa shape index (κ2) is 11.1. The fraction of sp³-hybridized carbons (Fsp3) is 0.176. The van der Waals surface area contributed by atoms with Crippen LogP contribution in [0.2, 0.25) is 0 Å². The minimum Gasteiger partial charge on any atom is -0.0839 e. The fourth-order valence-electron chi connectivity index (χ4n) is 5.11. The summed E-state index contributed by atoms with van der Waals surface area (Å²) in [4.78, 5) is 0. The average Bonchev–Trinajstić information content (AvgIpc) is 2.89. The molecule has 0 saturated heterocycles. The van der Waals surface area contributed by atoms with Crippen molar-refractivity contribution in [2.75, 3.05) is 0 Å². The molecule has 0 fully saturated rings. The third-order valence-corrected chi connectivity index (χ3v) is 13.1. The lowest BCUT2D eigenvalue weighted by atomic mass is 10.0. The van der Waals surface area contributed by atoms with Gasteiger partial charge >= 0.3 is 0 Å². The Labute approximate surface area is 219 Å². The Kier molecular flexibility index (Phi) is 7.67. The number of aryl methyl sites for hydroxylation is 3. The van der Waals surface area contributed by atoms with Gasteiger partial charge in [0.25, 0.3) is 0 Å². The van der Waals surface area contributed by atoms with Crippen LogP contribution in [0.1, 0.15) is 30.0 Å². The molecule has 1 aliphatic rings. The third-order valence-electron chi connectivity index (χ3n) is 7.09. The van der Waals surface area contributed by atoms with Crippen LogP contribution in [0.5, 0.6) is 0 Å². The van der Waals surface area contributed by atoms with Crippen LogP contribution >= 0.6 is 15.8 Å². The Balaban J connectivity index is 1.80. The zero-order chi connectivity index (χ0) is 25.1. The summed E-state index contributed by atoms with van der Waals surface area (Å²) in [5, 5.41) is 8.98. The SMILES string of the molecule is Cc1ccccc1P(C1=CC=CCC1C)c1ccccc1P(c1ccccc1C)c1ccccc1C. The smallest absolute Gasteiger partial charge is 0.00675 e. The van der Waals surface area contributed by atoms with Gasteiger partial charge in [0, 0.05) is 0 Å². The molecule has 36 heavy (non-hydrogen) atoms. The lowest BCUT2D eigenvalue weighted by Gasteiger charge is -2.33. The maximum Gasteiger partial charge on any atom is -0.00675 e. The van der Waals surface area contributed by atoms with Crippen molar-refractivity contribution in [3.63, 3.8) is 0 Å². The lowest BCUT2D eigenvalue weighted by Crippen LogP contribution is -2.34. The van der Waals surface area contributed by atoms with Crippen molar-refractivity contribution in [2.24, 2.45) is 5.92 Å². The van der Waals surface area contributed by atoms with Crippen molar-refractivity contribution in [3.05, 3.63) is 137 Å². The Hall–Kier alpha value is -2.78. The summed E-state index contributed by atoms with van der Waals surface area (Å²) in [7, 11) is -1.36. The van der Waals surface area contributed by atoms with Crippen LogP contribution < -0.4 is 26.5 Å². The molecule has 0 aliphatic heterocycles. The van der Waals surface area contributed by atoms with Gasteiger partial charge in [-0.3, -0.25) is 0 Å². The highest BCUT2D eigenvalue weighted by Gasteiger charge is 2.30. The highest BCUT2D eigenvalue weighted by Crippen LogP contribution is 2.50. The van der Waals surface area contributed by atoms with E-state index in [2.05, 4.69) is 143 Å². The van der Waals surface area contributed by atoms with Crippen LogP contribution in [0, 0.1) is 26.7 Å². The molecule has 0 amide bonds. The molecule has 0 bridgehead atoms. The van der Waals surface area contributed by atoms with E-state index < -0.39 is 15.8 Å². The van der Waals surface area contributed by atoms with Crippen LogP contribution in [0.15, 0.2) is 121 Å². The Morgan fingerprint density at radius 3 is 1.36 bits per heavy atom. The van der Waals surface area contributed by atoms with Gasteiger partial charge in [0.05, 0.1) is 0 Å². The molecule has 0 spiro atoms. The van der Waals surface area contributed by atoms with E-state index in [1.807, 2.05) is 0 Å². The summed E-state index contributed by atoms with van der Waals surface area (Å²) >= 11 is 0. The number of allylic oxidation sites excluding steroid dienone is 4. The largest absolute Gasteiger partial charge is 0.0839 e. The average molecular weight is 505 g/mol. The monoisotopic (exact) mass is 504 g/mol. The van der Waals surface area contributed by atoms with E-state index in [1.165, 1.54) is 43.2 Å². The van der Waals surface area contributed by atoms with E-state index in [-0.39, 0.29) is 0 Å². The van der Waals surface area contributed by atoms with Gasteiger partial charge in [-0.2, -0.15) is 0 Å². The van der Waals surface area contributed by atoms with E-state index in [4.69, 9.17) is 0 Å². The maximum absolute atomic E-state index is 2.42. The van der Waals surface area contributed by atoms with E-state index in [9.17, 15) is 0 Å². The summed E-state index contributed by atoms with van der Waals surface area (Å²) in [5.41, 5.74) is 4.13. The molecule has 2 unspecified atom stereocenters. The number of hydrogen-bond donors (Lipinski definition) is 0. The Morgan fingerprint density at radius 1 is 0.528 bits per heavy atom.